The first-order valence-electron chi connectivity index (χ1n) is 5.64. The van der Waals surface area contributed by atoms with Gasteiger partial charge in [0, 0.05) is 12.1 Å². The molecule has 1 aliphatic rings. The van der Waals surface area contributed by atoms with Crippen molar-refractivity contribution in [1.82, 2.24) is 4.98 Å². The van der Waals surface area contributed by atoms with E-state index < -0.39 is 4.92 Å². The van der Waals surface area contributed by atoms with Gasteiger partial charge in [0.05, 0.1) is 0 Å². The molecule has 1 atom stereocenters. The van der Waals surface area contributed by atoms with Crippen LogP contribution < -0.4 is 11.1 Å². The Morgan fingerprint density at radius 3 is 2.94 bits per heavy atom. The summed E-state index contributed by atoms with van der Waals surface area (Å²) in [4.78, 5) is 14.1. The smallest absolute Gasteiger partial charge is 0.371 e. The standard InChI is InChI=1S/C11H16N4O2/c1-11(7-12,8-4-5-8)14-9-3-2-6-13-10(9)15(16)17/h2-3,6,8,14H,4-5,7,12H2,1H3. The summed E-state index contributed by atoms with van der Waals surface area (Å²) >= 11 is 0. The van der Waals surface area contributed by atoms with E-state index in [0.29, 0.717) is 18.2 Å². The molecular formula is C11H16N4O2. The van der Waals surface area contributed by atoms with Gasteiger partial charge in [-0.05, 0) is 47.7 Å². The first-order valence-corrected chi connectivity index (χ1v) is 5.64. The third kappa shape index (κ3) is 2.36. The van der Waals surface area contributed by atoms with E-state index in [1.165, 1.54) is 6.20 Å². The van der Waals surface area contributed by atoms with Gasteiger partial charge in [0.2, 0.25) is 0 Å². The zero-order valence-corrected chi connectivity index (χ0v) is 9.72. The summed E-state index contributed by atoms with van der Waals surface area (Å²) < 4.78 is 0. The van der Waals surface area contributed by atoms with Crippen molar-refractivity contribution in [2.75, 3.05) is 11.9 Å². The number of nitrogens with one attached hydrogen (secondary N) is 1. The van der Waals surface area contributed by atoms with Gasteiger partial charge >= 0.3 is 5.82 Å². The molecule has 1 aliphatic carbocycles. The molecule has 0 spiro atoms. The van der Waals surface area contributed by atoms with Crippen molar-refractivity contribution in [3.63, 3.8) is 0 Å². The number of hydrogen-bond acceptors (Lipinski definition) is 5. The number of aromatic nitrogens is 1. The van der Waals surface area contributed by atoms with Gasteiger partial charge in [-0.25, -0.2) is 0 Å². The molecule has 0 aliphatic heterocycles. The number of hydrogen-bond donors (Lipinski definition) is 2. The number of rotatable bonds is 5. The Hall–Kier alpha value is -1.69. The van der Waals surface area contributed by atoms with Gasteiger partial charge in [-0.3, -0.25) is 0 Å². The molecule has 2 rings (SSSR count). The van der Waals surface area contributed by atoms with E-state index in [4.69, 9.17) is 5.73 Å². The highest BCUT2D eigenvalue weighted by atomic mass is 16.6. The fourth-order valence-electron chi connectivity index (χ4n) is 1.99. The van der Waals surface area contributed by atoms with Crippen molar-refractivity contribution in [3.05, 3.63) is 28.4 Å². The fraction of sp³-hybridized carbons (Fsp3) is 0.545. The molecule has 1 heterocycles. The molecular weight excluding hydrogens is 220 g/mol. The van der Waals surface area contributed by atoms with Crippen LogP contribution in [-0.4, -0.2) is 22.0 Å². The maximum atomic E-state index is 10.9. The highest BCUT2D eigenvalue weighted by molar-refractivity contribution is 5.58. The Morgan fingerprint density at radius 2 is 2.41 bits per heavy atom. The average Bonchev–Trinajstić information content (AvgIpc) is 3.13. The van der Waals surface area contributed by atoms with Crippen molar-refractivity contribution in [2.45, 2.75) is 25.3 Å². The van der Waals surface area contributed by atoms with Crippen LogP contribution in [0, 0.1) is 16.0 Å². The Bertz CT molecular complexity index is 433. The summed E-state index contributed by atoms with van der Waals surface area (Å²) in [6, 6.07) is 3.35. The lowest BCUT2D eigenvalue weighted by atomic mass is 9.95. The van der Waals surface area contributed by atoms with Crippen LogP contribution in [-0.2, 0) is 0 Å². The Kier molecular flexibility index (Phi) is 2.97. The minimum Gasteiger partial charge on any atom is -0.371 e. The molecule has 6 nitrogen and oxygen atoms in total. The summed E-state index contributed by atoms with van der Waals surface area (Å²) in [5.41, 5.74) is 5.93. The number of pyridine rings is 1. The summed E-state index contributed by atoms with van der Waals surface area (Å²) in [7, 11) is 0. The van der Waals surface area contributed by atoms with E-state index in [-0.39, 0.29) is 11.4 Å². The maximum absolute atomic E-state index is 10.9. The molecule has 1 saturated carbocycles. The Balaban J connectivity index is 2.25. The largest absolute Gasteiger partial charge is 0.386 e. The van der Waals surface area contributed by atoms with Gasteiger partial charge < -0.3 is 21.2 Å². The number of nitro groups is 1. The highest BCUT2D eigenvalue weighted by Gasteiger charge is 2.41. The molecule has 6 heteroatoms. The second-order valence-electron chi connectivity index (χ2n) is 4.65. The lowest BCUT2D eigenvalue weighted by Crippen LogP contribution is -2.44. The molecule has 1 aromatic rings. The third-order valence-corrected chi connectivity index (χ3v) is 3.28. The molecule has 0 bridgehead atoms. The summed E-state index contributed by atoms with van der Waals surface area (Å²) in [5, 5.41) is 14.0. The maximum Gasteiger partial charge on any atom is 0.386 e. The van der Waals surface area contributed by atoms with Gasteiger partial charge in [-0.2, -0.15) is 0 Å². The van der Waals surface area contributed by atoms with Gasteiger partial charge in [0.25, 0.3) is 0 Å². The molecule has 17 heavy (non-hydrogen) atoms. The van der Waals surface area contributed by atoms with Gasteiger partial charge in [0.1, 0.15) is 11.9 Å². The molecule has 92 valence electrons. The van der Waals surface area contributed by atoms with E-state index in [9.17, 15) is 10.1 Å². The van der Waals surface area contributed by atoms with Crippen LogP contribution in [0.5, 0.6) is 0 Å². The van der Waals surface area contributed by atoms with Crippen LogP contribution in [0.3, 0.4) is 0 Å². The second-order valence-corrected chi connectivity index (χ2v) is 4.65. The predicted octanol–water partition coefficient (Wildman–Crippen LogP) is 1.53. The lowest BCUT2D eigenvalue weighted by molar-refractivity contribution is -0.388. The fourth-order valence-corrected chi connectivity index (χ4v) is 1.99. The molecule has 0 saturated heterocycles. The first kappa shape index (κ1) is 11.8. The molecule has 0 radical (unpaired) electrons. The monoisotopic (exact) mass is 236 g/mol. The van der Waals surface area contributed by atoms with Crippen molar-refractivity contribution in [3.8, 4) is 0 Å². The van der Waals surface area contributed by atoms with Crippen LogP contribution in [0.15, 0.2) is 18.3 Å². The highest BCUT2D eigenvalue weighted by Crippen LogP contribution is 2.41. The Labute approximate surface area is 99.4 Å². The van der Waals surface area contributed by atoms with E-state index in [0.717, 1.165) is 12.8 Å². The van der Waals surface area contributed by atoms with Crippen molar-refractivity contribution in [1.29, 1.82) is 0 Å². The van der Waals surface area contributed by atoms with Crippen LogP contribution in [0.4, 0.5) is 11.5 Å². The second kappa shape index (κ2) is 4.29. The Morgan fingerprint density at radius 1 is 1.71 bits per heavy atom. The molecule has 1 fully saturated rings. The van der Waals surface area contributed by atoms with Crippen LogP contribution in [0.25, 0.3) is 0 Å². The lowest BCUT2D eigenvalue weighted by Gasteiger charge is -2.30. The van der Waals surface area contributed by atoms with Crippen molar-refractivity contribution < 1.29 is 4.92 Å². The zero-order valence-electron chi connectivity index (χ0n) is 9.72. The minimum atomic E-state index is -0.480. The van der Waals surface area contributed by atoms with Gasteiger partial charge in [-0.15, -0.1) is 0 Å². The number of nitrogens with zero attached hydrogens (tertiary/aromatic N) is 2. The molecule has 0 aromatic carbocycles. The van der Waals surface area contributed by atoms with E-state index in [2.05, 4.69) is 10.3 Å². The number of anilines is 1. The molecule has 3 N–H and O–H groups in total. The zero-order chi connectivity index (χ0) is 12.5. The van der Waals surface area contributed by atoms with Crippen molar-refractivity contribution >= 4 is 11.5 Å². The normalized spacial score (nSPS) is 18.5. The van der Waals surface area contributed by atoms with Gasteiger partial charge in [0.15, 0.2) is 0 Å². The van der Waals surface area contributed by atoms with E-state index in [1.807, 2.05) is 6.92 Å². The van der Waals surface area contributed by atoms with Crippen LogP contribution >= 0.6 is 0 Å². The topological polar surface area (TPSA) is 94.1 Å². The molecule has 1 aromatic heterocycles. The minimum absolute atomic E-state index is 0.146. The quantitative estimate of drug-likeness (QED) is 0.597. The van der Waals surface area contributed by atoms with E-state index in [1.54, 1.807) is 12.1 Å². The average molecular weight is 236 g/mol. The number of nitrogens with two attached hydrogens (primary N) is 1. The predicted molar refractivity (Wildman–Crippen MR) is 64.7 cm³/mol. The van der Waals surface area contributed by atoms with E-state index >= 15 is 0 Å². The van der Waals surface area contributed by atoms with Crippen LogP contribution in [0.1, 0.15) is 19.8 Å². The van der Waals surface area contributed by atoms with Crippen molar-refractivity contribution in [2.24, 2.45) is 11.7 Å². The third-order valence-electron chi connectivity index (χ3n) is 3.28. The summed E-state index contributed by atoms with van der Waals surface area (Å²) in [6.07, 6.45) is 3.66. The van der Waals surface area contributed by atoms with Gasteiger partial charge in [-0.1, -0.05) is 0 Å². The summed E-state index contributed by atoms with van der Waals surface area (Å²) in [5.74, 6) is 0.347. The molecule has 0 amide bonds. The first-order chi connectivity index (χ1) is 8.07. The summed E-state index contributed by atoms with van der Waals surface area (Å²) in [6.45, 7) is 2.45. The SMILES string of the molecule is CC(CN)(Nc1cccnc1[N+](=O)[O-])C1CC1. The molecule has 1 unspecified atom stereocenters. The van der Waals surface area contributed by atoms with Crippen LogP contribution in [0.2, 0.25) is 0 Å².